The van der Waals surface area contributed by atoms with Crippen molar-refractivity contribution < 1.29 is 0 Å². The summed E-state index contributed by atoms with van der Waals surface area (Å²) in [5, 5.41) is 0. The molecule has 9 heavy (non-hydrogen) atoms. The van der Waals surface area contributed by atoms with Crippen LogP contribution in [0.15, 0.2) is 12.2 Å². The molecule has 0 spiro atoms. The Balaban J connectivity index is 3.27. The van der Waals surface area contributed by atoms with Crippen LogP contribution in [0.25, 0.3) is 0 Å². The van der Waals surface area contributed by atoms with Gasteiger partial charge in [0.15, 0.2) is 0 Å². The summed E-state index contributed by atoms with van der Waals surface area (Å²) in [7, 11) is 0. The largest absolute Gasteiger partial charge is 0.324 e. The van der Waals surface area contributed by atoms with Gasteiger partial charge in [-0.25, -0.2) is 0 Å². The van der Waals surface area contributed by atoms with E-state index >= 15 is 0 Å². The molecule has 0 fully saturated rings. The lowest BCUT2D eigenvalue weighted by atomic mass is 10.2. The summed E-state index contributed by atoms with van der Waals surface area (Å²) in [6.45, 7) is 7.88. The zero-order valence-electron chi connectivity index (χ0n) is 6.18. The first-order valence-electron chi connectivity index (χ1n) is 3.17. The van der Waals surface area contributed by atoms with Gasteiger partial charge in [-0.05, 0) is 12.7 Å². The maximum absolute atomic E-state index is 5.68. The Morgan fingerprint density at radius 2 is 2.33 bits per heavy atom. The summed E-state index contributed by atoms with van der Waals surface area (Å²) in [5.41, 5.74) is 6.76. The molecule has 0 aromatic rings. The normalized spacial score (nSPS) is 13.2. The van der Waals surface area contributed by atoms with Gasteiger partial charge in [-0.2, -0.15) is 11.8 Å². The van der Waals surface area contributed by atoms with Crippen LogP contribution in [0.3, 0.4) is 0 Å². The van der Waals surface area contributed by atoms with E-state index < -0.39 is 0 Å². The van der Waals surface area contributed by atoms with E-state index in [0.717, 1.165) is 17.1 Å². The second kappa shape index (κ2) is 4.89. The second-order valence-electron chi connectivity index (χ2n) is 2.11. The second-order valence-corrected chi connectivity index (χ2v) is 3.43. The molecule has 0 aromatic carbocycles. The molecule has 0 aromatic heterocycles. The molecule has 0 radical (unpaired) electrons. The first kappa shape index (κ1) is 9.05. The molecule has 2 heteroatoms. The van der Waals surface area contributed by atoms with Gasteiger partial charge in [0.05, 0.1) is 0 Å². The molecule has 0 aliphatic heterocycles. The Hall–Kier alpha value is 0.0500. The molecule has 54 valence electrons. The van der Waals surface area contributed by atoms with Crippen LogP contribution in [0, 0.1) is 0 Å². The lowest BCUT2D eigenvalue weighted by molar-refractivity contribution is 0.878. The van der Waals surface area contributed by atoms with Gasteiger partial charge in [0.2, 0.25) is 0 Å². The summed E-state index contributed by atoms with van der Waals surface area (Å²) in [5.74, 6) is 2.15. The van der Waals surface area contributed by atoms with Crippen molar-refractivity contribution in [3.05, 3.63) is 12.2 Å². The molecular weight excluding hydrogens is 130 g/mol. The number of rotatable bonds is 4. The maximum Gasteiger partial charge on any atom is 0.0340 e. The molecule has 0 saturated heterocycles. The lowest BCUT2D eigenvalue weighted by Gasteiger charge is -2.08. The molecule has 0 aliphatic carbocycles. The van der Waals surface area contributed by atoms with Gasteiger partial charge in [-0.3, -0.25) is 0 Å². The number of nitrogens with two attached hydrogens (primary N) is 1. The fourth-order valence-corrected chi connectivity index (χ4v) is 1.16. The highest BCUT2D eigenvalue weighted by molar-refractivity contribution is 7.99. The fraction of sp³-hybridized carbons (Fsp3) is 0.714. The monoisotopic (exact) mass is 145 g/mol. The fourth-order valence-electron chi connectivity index (χ4n) is 0.387. The highest BCUT2D eigenvalue weighted by Gasteiger charge is 1.99. The first-order valence-corrected chi connectivity index (χ1v) is 4.32. The van der Waals surface area contributed by atoms with Crippen LogP contribution in [0.5, 0.6) is 0 Å². The molecule has 0 amide bonds. The highest BCUT2D eigenvalue weighted by Crippen LogP contribution is 2.04. The average molecular weight is 145 g/mol. The van der Waals surface area contributed by atoms with E-state index in [0.29, 0.717) is 0 Å². The molecule has 0 bridgehead atoms. The molecule has 1 nitrogen and oxygen atoms in total. The predicted molar refractivity (Wildman–Crippen MR) is 45.8 cm³/mol. The minimum atomic E-state index is 0.190. The van der Waals surface area contributed by atoms with Crippen LogP contribution < -0.4 is 5.73 Å². The zero-order chi connectivity index (χ0) is 7.28. The number of hydrogen-bond donors (Lipinski definition) is 1. The minimum Gasteiger partial charge on any atom is -0.324 e. The third-order valence-electron chi connectivity index (χ3n) is 1.13. The summed E-state index contributed by atoms with van der Waals surface area (Å²) in [6, 6.07) is 0.190. The minimum absolute atomic E-state index is 0.190. The van der Waals surface area contributed by atoms with Gasteiger partial charge in [-0.1, -0.05) is 19.1 Å². The molecule has 0 saturated carbocycles. The van der Waals surface area contributed by atoms with E-state index in [1.165, 1.54) is 0 Å². The van der Waals surface area contributed by atoms with Crippen molar-refractivity contribution in [2.24, 2.45) is 5.73 Å². The van der Waals surface area contributed by atoms with Crippen molar-refractivity contribution >= 4 is 11.8 Å². The van der Waals surface area contributed by atoms with E-state index in [9.17, 15) is 0 Å². The van der Waals surface area contributed by atoms with Crippen molar-refractivity contribution in [3.63, 3.8) is 0 Å². The van der Waals surface area contributed by atoms with E-state index in [1.807, 2.05) is 18.7 Å². The van der Waals surface area contributed by atoms with Crippen molar-refractivity contribution in [1.29, 1.82) is 0 Å². The van der Waals surface area contributed by atoms with Crippen LogP contribution in [0.1, 0.15) is 13.8 Å². The Morgan fingerprint density at radius 1 is 1.78 bits per heavy atom. The van der Waals surface area contributed by atoms with Gasteiger partial charge in [0, 0.05) is 11.8 Å². The van der Waals surface area contributed by atoms with Gasteiger partial charge in [-0.15, -0.1) is 0 Å². The van der Waals surface area contributed by atoms with E-state index in [4.69, 9.17) is 5.73 Å². The summed E-state index contributed by atoms with van der Waals surface area (Å²) in [6.07, 6.45) is 0. The number of thioether (sulfide) groups is 1. The van der Waals surface area contributed by atoms with E-state index in [-0.39, 0.29) is 6.04 Å². The maximum atomic E-state index is 5.68. The highest BCUT2D eigenvalue weighted by atomic mass is 32.2. The molecule has 0 aliphatic rings. The van der Waals surface area contributed by atoms with Gasteiger partial charge < -0.3 is 5.73 Å². The summed E-state index contributed by atoms with van der Waals surface area (Å²) < 4.78 is 0. The van der Waals surface area contributed by atoms with Crippen LogP contribution in [0.2, 0.25) is 0 Å². The van der Waals surface area contributed by atoms with Crippen molar-refractivity contribution in [3.8, 4) is 0 Å². The number of hydrogen-bond acceptors (Lipinski definition) is 2. The predicted octanol–water partition coefficient (Wildman–Crippen LogP) is 1.64. The van der Waals surface area contributed by atoms with Crippen LogP contribution in [-0.4, -0.2) is 17.5 Å². The lowest BCUT2D eigenvalue weighted by Crippen LogP contribution is -2.23. The first-order chi connectivity index (χ1) is 4.18. The Kier molecular flexibility index (Phi) is 4.91. The molecular formula is C7H15NS. The molecule has 0 heterocycles. The van der Waals surface area contributed by atoms with Crippen LogP contribution in [-0.2, 0) is 0 Å². The Labute approximate surface area is 61.7 Å². The van der Waals surface area contributed by atoms with Gasteiger partial charge in [0.25, 0.3) is 0 Å². The zero-order valence-corrected chi connectivity index (χ0v) is 7.00. The van der Waals surface area contributed by atoms with Crippen molar-refractivity contribution in [2.75, 3.05) is 11.5 Å². The van der Waals surface area contributed by atoms with Gasteiger partial charge in [0.1, 0.15) is 0 Å². The average Bonchev–Trinajstić information content (AvgIpc) is 1.82. The van der Waals surface area contributed by atoms with Gasteiger partial charge >= 0.3 is 0 Å². The smallest absolute Gasteiger partial charge is 0.0340 e. The third-order valence-corrected chi connectivity index (χ3v) is 2.14. The molecule has 1 atom stereocenters. The quantitative estimate of drug-likeness (QED) is 0.609. The standard InChI is InChI=1S/C7H15NS/c1-4-9-5-7(8)6(2)3/h7H,2,4-5,8H2,1,3H3. The van der Waals surface area contributed by atoms with E-state index in [1.54, 1.807) is 0 Å². The molecule has 2 N–H and O–H groups in total. The topological polar surface area (TPSA) is 26.0 Å². The molecule has 1 unspecified atom stereocenters. The summed E-state index contributed by atoms with van der Waals surface area (Å²) >= 11 is 1.86. The SMILES string of the molecule is C=C(C)C(N)CSCC. The van der Waals surface area contributed by atoms with Crippen LogP contribution >= 0.6 is 11.8 Å². The van der Waals surface area contributed by atoms with Crippen molar-refractivity contribution in [2.45, 2.75) is 19.9 Å². The van der Waals surface area contributed by atoms with Crippen LogP contribution in [0.4, 0.5) is 0 Å². The summed E-state index contributed by atoms with van der Waals surface area (Å²) in [4.78, 5) is 0. The van der Waals surface area contributed by atoms with Crippen molar-refractivity contribution in [1.82, 2.24) is 0 Å². The third kappa shape index (κ3) is 4.55. The van der Waals surface area contributed by atoms with E-state index in [2.05, 4.69) is 13.5 Å². The Bertz CT molecular complexity index is 90.9. The Morgan fingerprint density at radius 3 is 2.67 bits per heavy atom. The molecule has 0 rings (SSSR count).